The molecule has 94 valence electrons. The second kappa shape index (κ2) is 5.27. The molecule has 2 rings (SSSR count). The predicted octanol–water partition coefficient (Wildman–Crippen LogP) is 4.09. The largest absolute Gasteiger partial charge is 0.380 e. The number of hydrogen-bond donors (Lipinski definition) is 0. The van der Waals surface area contributed by atoms with Crippen molar-refractivity contribution in [3.63, 3.8) is 0 Å². The maximum Gasteiger partial charge on any atom is 0.167 e. The molecular formula is C15H14F2O. The molecule has 2 aromatic carbocycles. The highest BCUT2D eigenvalue weighted by Crippen LogP contribution is 2.26. The summed E-state index contributed by atoms with van der Waals surface area (Å²) >= 11 is 0. The normalized spacial score (nSPS) is 10.7. The van der Waals surface area contributed by atoms with E-state index in [0.717, 1.165) is 5.56 Å². The monoisotopic (exact) mass is 248 g/mol. The van der Waals surface area contributed by atoms with Gasteiger partial charge in [0.1, 0.15) is 0 Å². The Labute approximate surface area is 105 Å². The van der Waals surface area contributed by atoms with E-state index in [4.69, 9.17) is 4.74 Å². The minimum absolute atomic E-state index is 0.0664. The van der Waals surface area contributed by atoms with Crippen LogP contribution in [0.25, 0.3) is 11.1 Å². The van der Waals surface area contributed by atoms with Gasteiger partial charge in [0.2, 0.25) is 0 Å². The first kappa shape index (κ1) is 12.7. The SMILES string of the molecule is COCc1ccc(-c2ccc(C)cc2)c(F)c1F. The first-order valence-electron chi connectivity index (χ1n) is 5.66. The summed E-state index contributed by atoms with van der Waals surface area (Å²) in [5.41, 5.74) is 2.25. The molecule has 0 aliphatic carbocycles. The standard InChI is InChI=1S/C15H14F2O/c1-10-3-5-11(6-4-10)13-8-7-12(9-18-2)14(16)15(13)17/h3-8H,9H2,1-2H3. The minimum atomic E-state index is -0.838. The zero-order valence-corrected chi connectivity index (χ0v) is 10.3. The lowest BCUT2D eigenvalue weighted by molar-refractivity contribution is 0.180. The Hall–Kier alpha value is -1.74. The van der Waals surface area contributed by atoms with Crippen LogP contribution in [0.2, 0.25) is 0 Å². The van der Waals surface area contributed by atoms with Crippen molar-refractivity contribution in [1.29, 1.82) is 0 Å². The number of hydrogen-bond acceptors (Lipinski definition) is 1. The Morgan fingerprint density at radius 3 is 2.22 bits per heavy atom. The fourth-order valence-corrected chi connectivity index (χ4v) is 1.81. The van der Waals surface area contributed by atoms with Crippen LogP contribution in [-0.2, 0) is 11.3 Å². The number of ether oxygens (including phenoxy) is 1. The summed E-state index contributed by atoms with van der Waals surface area (Å²) in [4.78, 5) is 0. The van der Waals surface area contributed by atoms with Crippen molar-refractivity contribution in [1.82, 2.24) is 0 Å². The first-order chi connectivity index (χ1) is 8.63. The van der Waals surface area contributed by atoms with Gasteiger partial charge in [-0.15, -0.1) is 0 Å². The van der Waals surface area contributed by atoms with Crippen LogP contribution in [0.5, 0.6) is 0 Å². The molecule has 0 N–H and O–H groups in total. The Kier molecular flexibility index (Phi) is 3.72. The van der Waals surface area contributed by atoms with Crippen LogP contribution >= 0.6 is 0 Å². The molecule has 0 aromatic heterocycles. The van der Waals surface area contributed by atoms with Crippen molar-refractivity contribution in [3.05, 3.63) is 59.2 Å². The van der Waals surface area contributed by atoms with Gasteiger partial charge in [-0.2, -0.15) is 0 Å². The quantitative estimate of drug-likeness (QED) is 0.795. The van der Waals surface area contributed by atoms with Crippen molar-refractivity contribution < 1.29 is 13.5 Å². The highest BCUT2D eigenvalue weighted by molar-refractivity contribution is 5.65. The van der Waals surface area contributed by atoms with E-state index in [9.17, 15) is 8.78 Å². The second-order valence-corrected chi connectivity index (χ2v) is 4.20. The van der Waals surface area contributed by atoms with Gasteiger partial charge in [-0.1, -0.05) is 42.0 Å². The topological polar surface area (TPSA) is 9.23 Å². The fraction of sp³-hybridized carbons (Fsp3) is 0.200. The Balaban J connectivity index is 2.46. The zero-order valence-electron chi connectivity index (χ0n) is 10.3. The van der Waals surface area contributed by atoms with Gasteiger partial charge in [-0.25, -0.2) is 8.78 Å². The van der Waals surface area contributed by atoms with Crippen molar-refractivity contribution in [3.8, 4) is 11.1 Å². The van der Waals surface area contributed by atoms with E-state index in [1.54, 1.807) is 24.3 Å². The Morgan fingerprint density at radius 2 is 1.61 bits per heavy atom. The average Bonchev–Trinajstić information content (AvgIpc) is 2.37. The molecule has 0 aliphatic rings. The highest BCUT2D eigenvalue weighted by Gasteiger charge is 2.14. The maximum atomic E-state index is 13.9. The molecule has 1 nitrogen and oxygen atoms in total. The van der Waals surface area contributed by atoms with Crippen LogP contribution in [0.15, 0.2) is 36.4 Å². The number of halogens is 2. The molecule has 0 atom stereocenters. The third-order valence-electron chi connectivity index (χ3n) is 2.82. The summed E-state index contributed by atoms with van der Waals surface area (Å²) in [6.07, 6.45) is 0. The number of aryl methyl sites for hydroxylation is 1. The third-order valence-corrected chi connectivity index (χ3v) is 2.82. The molecule has 3 heteroatoms. The van der Waals surface area contributed by atoms with Crippen LogP contribution in [0, 0.1) is 18.6 Å². The van der Waals surface area contributed by atoms with Crippen molar-refractivity contribution in [2.75, 3.05) is 7.11 Å². The number of methoxy groups -OCH3 is 1. The van der Waals surface area contributed by atoms with E-state index >= 15 is 0 Å². The van der Waals surface area contributed by atoms with E-state index in [0.29, 0.717) is 5.56 Å². The van der Waals surface area contributed by atoms with E-state index in [1.165, 1.54) is 7.11 Å². The Bertz CT molecular complexity index is 547. The lowest BCUT2D eigenvalue weighted by atomic mass is 10.0. The van der Waals surface area contributed by atoms with Crippen molar-refractivity contribution in [2.45, 2.75) is 13.5 Å². The average molecular weight is 248 g/mol. The summed E-state index contributed by atoms with van der Waals surface area (Å²) in [7, 11) is 1.45. The summed E-state index contributed by atoms with van der Waals surface area (Å²) in [5.74, 6) is -1.66. The van der Waals surface area contributed by atoms with E-state index in [1.807, 2.05) is 19.1 Å². The van der Waals surface area contributed by atoms with Crippen LogP contribution in [0.3, 0.4) is 0 Å². The molecule has 0 amide bonds. The van der Waals surface area contributed by atoms with Crippen LogP contribution < -0.4 is 0 Å². The summed E-state index contributed by atoms with van der Waals surface area (Å²) < 4.78 is 32.5. The van der Waals surface area contributed by atoms with Crippen LogP contribution in [-0.4, -0.2) is 7.11 Å². The molecule has 0 unspecified atom stereocenters. The molecule has 0 saturated heterocycles. The molecular weight excluding hydrogens is 234 g/mol. The van der Waals surface area contributed by atoms with Gasteiger partial charge in [-0.3, -0.25) is 0 Å². The van der Waals surface area contributed by atoms with Gasteiger partial charge >= 0.3 is 0 Å². The number of benzene rings is 2. The van der Waals surface area contributed by atoms with Gasteiger partial charge in [0.15, 0.2) is 11.6 Å². The smallest absolute Gasteiger partial charge is 0.167 e. The molecule has 2 aromatic rings. The molecule has 0 spiro atoms. The second-order valence-electron chi connectivity index (χ2n) is 4.20. The zero-order chi connectivity index (χ0) is 13.1. The van der Waals surface area contributed by atoms with Gasteiger partial charge < -0.3 is 4.74 Å². The first-order valence-corrected chi connectivity index (χ1v) is 5.66. The van der Waals surface area contributed by atoms with Gasteiger partial charge in [0.25, 0.3) is 0 Å². The Morgan fingerprint density at radius 1 is 0.944 bits per heavy atom. The maximum absolute atomic E-state index is 13.9. The molecule has 0 bridgehead atoms. The predicted molar refractivity (Wildman–Crippen MR) is 67.2 cm³/mol. The van der Waals surface area contributed by atoms with Crippen molar-refractivity contribution >= 4 is 0 Å². The van der Waals surface area contributed by atoms with Gasteiger partial charge in [0, 0.05) is 18.2 Å². The van der Waals surface area contributed by atoms with Gasteiger partial charge in [0.05, 0.1) is 6.61 Å². The molecule has 0 saturated carbocycles. The van der Waals surface area contributed by atoms with Crippen molar-refractivity contribution in [2.24, 2.45) is 0 Å². The summed E-state index contributed by atoms with van der Waals surface area (Å²) in [5, 5.41) is 0. The minimum Gasteiger partial charge on any atom is -0.380 e. The lowest BCUT2D eigenvalue weighted by Crippen LogP contribution is -1.98. The lowest BCUT2D eigenvalue weighted by Gasteiger charge is -2.08. The summed E-state index contributed by atoms with van der Waals surface area (Å²) in [6.45, 7) is 2.01. The van der Waals surface area contributed by atoms with Crippen LogP contribution in [0.1, 0.15) is 11.1 Å². The third kappa shape index (κ3) is 2.41. The summed E-state index contributed by atoms with van der Waals surface area (Å²) in [6, 6.07) is 10.4. The van der Waals surface area contributed by atoms with Crippen LogP contribution in [0.4, 0.5) is 8.78 Å². The van der Waals surface area contributed by atoms with Gasteiger partial charge in [-0.05, 0) is 12.5 Å². The van der Waals surface area contributed by atoms with E-state index in [-0.39, 0.29) is 17.7 Å². The number of rotatable bonds is 3. The molecule has 18 heavy (non-hydrogen) atoms. The molecule has 0 radical (unpaired) electrons. The highest BCUT2D eigenvalue weighted by atomic mass is 19.2. The van der Waals surface area contributed by atoms with E-state index < -0.39 is 11.6 Å². The molecule has 0 fully saturated rings. The molecule has 0 aliphatic heterocycles. The van der Waals surface area contributed by atoms with E-state index in [2.05, 4.69) is 0 Å². The fourth-order valence-electron chi connectivity index (χ4n) is 1.81. The molecule has 0 heterocycles.